The highest BCUT2D eigenvalue weighted by Crippen LogP contribution is 2.37. The minimum atomic E-state index is -4.47. The Labute approximate surface area is 245 Å². The van der Waals surface area contributed by atoms with Gasteiger partial charge in [-0.15, -0.1) is 0 Å². The van der Waals surface area contributed by atoms with Crippen molar-refractivity contribution in [2.45, 2.75) is 19.5 Å². The van der Waals surface area contributed by atoms with Crippen LogP contribution in [0.3, 0.4) is 0 Å². The first-order valence-corrected chi connectivity index (χ1v) is 14.3. The molecule has 0 bridgehead atoms. The first kappa shape index (κ1) is 29.8. The highest BCUT2D eigenvalue weighted by Gasteiger charge is 2.40. The van der Waals surface area contributed by atoms with Crippen molar-refractivity contribution in [3.63, 3.8) is 0 Å². The molecule has 0 radical (unpaired) electrons. The monoisotopic (exact) mass is 579 g/mol. The number of likely N-dealkylation sites (N-methyl/N-ethyl adjacent to an activating group) is 1. The van der Waals surface area contributed by atoms with Gasteiger partial charge in [-0.05, 0) is 50.2 Å². The Kier molecular flexibility index (Phi) is 9.31. The number of hydrogen-bond acceptors (Lipinski definition) is 6. The van der Waals surface area contributed by atoms with E-state index in [0.717, 1.165) is 62.2 Å². The first-order chi connectivity index (χ1) is 20.2. The predicted octanol–water partition coefficient (Wildman–Crippen LogP) is 4.00. The summed E-state index contributed by atoms with van der Waals surface area (Å²) in [6, 6.07) is 7.10. The first-order valence-electron chi connectivity index (χ1n) is 14.3. The molecule has 1 amide bonds. The third-order valence-corrected chi connectivity index (χ3v) is 7.97. The van der Waals surface area contributed by atoms with E-state index in [1.54, 1.807) is 36.7 Å². The molecule has 2 fully saturated rings. The Balaban J connectivity index is 1.27. The zero-order valence-electron chi connectivity index (χ0n) is 24.0. The fourth-order valence-corrected chi connectivity index (χ4v) is 5.39. The van der Waals surface area contributed by atoms with E-state index in [2.05, 4.69) is 36.8 Å². The van der Waals surface area contributed by atoms with Crippen molar-refractivity contribution in [3.8, 4) is 11.8 Å². The van der Waals surface area contributed by atoms with Crippen LogP contribution >= 0.6 is 0 Å². The normalized spacial score (nSPS) is 20.3. The molecule has 1 aliphatic carbocycles. The Bertz CT molecular complexity index is 1410. The molecule has 222 valence electrons. The van der Waals surface area contributed by atoms with E-state index in [1.807, 2.05) is 20.0 Å². The molecule has 42 heavy (non-hydrogen) atoms. The summed E-state index contributed by atoms with van der Waals surface area (Å²) in [6.45, 7) is 8.36. The van der Waals surface area contributed by atoms with E-state index in [1.165, 1.54) is 0 Å². The van der Waals surface area contributed by atoms with Crippen molar-refractivity contribution in [2.24, 2.45) is 5.92 Å². The van der Waals surface area contributed by atoms with Crippen LogP contribution in [0, 0.1) is 24.7 Å². The van der Waals surface area contributed by atoms with Crippen LogP contribution in [0.15, 0.2) is 60.1 Å². The van der Waals surface area contributed by atoms with Gasteiger partial charge in [0, 0.05) is 85.9 Å². The number of benzene rings is 1. The van der Waals surface area contributed by atoms with E-state index in [0.29, 0.717) is 30.9 Å². The fourth-order valence-electron chi connectivity index (χ4n) is 5.39. The van der Waals surface area contributed by atoms with Crippen LogP contribution in [0.2, 0.25) is 0 Å². The molecule has 1 unspecified atom stereocenters. The molecule has 1 aromatic carbocycles. The van der Waals surface area contributed by atoms with Gasteiger partial charge in [-0.2, -0.15) is 13.2 Å². The van der Waals surface area contributed by atoms with Gasteiger partial charge in [0.05, 0.1) is 25.1 Å². The molecule has 1 atom stereocenters. The highest BCUT2D eigenvalue weighted by molar-refractivity contribution is 5.96. The number of nitrogens with one attached hydrogen (secondary N) is 1. The molecular weight excluding hydrogens is 543 g/mol. The number of carbonyl (C=O) groups is 1. The van der Waals surface area contributed by atoms with Gasteiger partial charge in [0.15, 0.2) is 0 Å². The number of hydrogen-bond donors (Lipinski definition) is 1. The molecule has 2 aliphatic heterocycles. The summed E-state index contributed by atoms with van der Waals surface area (Å²) in [5.74, 6) is 5.14. The van der Waals surface area contributed by atoms with Gasteiger partial charge in [0.2, 0.25) is 0 Å². The van der Waals surface area contributed by atoms with E-state index in [9.17, 15) is 18.0 Å². The minimum absolute atomic E-state index is 0.168. The molecule has 0 spiro atoms. The number of alkyl halides is 3. The molecule has 0 saturated carbocycles. The third kappa shape index (κ3) is 7.59. The van der Waals surface area contributed by atoms with Crippen molar-refractivity contribution < 1.29 is 22.7 Å². The number of carbonyl (C=O) groups excluding carboxylic acids is 1. The molecule has 2 aromatic rings. The number of amides is 1. The summed E-state index contributed by atoms with van der Waals surface area (Å²) >= 11 is 0. The number of morpholine rings is 1. The lowest BCUT2D eigenvalue weighted by molar-refractivity contribution is -0.101. The van der Waals surface area contributed by atoms with Crippen LogP contribution in [0.4, 0.5) is 18.9 Å². The number of allylic oxidation sites excluding steroid dienone is 2. The topological polar surface area (TPSA) is 60.9 Å². The summed E-state index contributed by atoms with van der Waals surface area (Å²) in [6.07, 6.45) is 2.03. The lowest BCUT2D eigenvalue weighted by Crippen LogP contribution is -2.47. The summed E-state index contributed by atoms with van der Waals surface area (Å²) in [5.41, 5.74) is 3.18. The Morgan fingerprint density at radius 2 is 1.83 bits per heavy atom. The number of piperazine rings is 1. The van der Waals surface area contributed by atoms with Crippen LogP contribution in [0.25, 0.3) is 0 Å². The second-order valence-corrected chi connectivity index (χ2v) is 11.1. The zero-order valence-corrected chi connectivity index (χ0v) is 24.0. The van der Waals surface area contributed by atoms with Gasteiger partial charge in [0.1, 0.15) is 0 Å². The van der Waals surface area contributed by atoms with Crippen LogP contribution in [0.1, 0.15) is 33.5 Å². The van der Waals surface area contributed by atoms with Gasteiger partial charge in [-0.25, -0.2) is 0 Å². The number of pyridine rings is 1. The molecule has 3 aliphatic rings. The maximum atomic E-state index is 14.0. The second-order valence-electron chi connectivity index (χ2n) is 11.1. The number of nitrogens with zero attached hydrogens (tertiary/aromatic N) is 4. The highest BCUT2D eigenvalue weighted by atomic mass is 19.4. The Morgan fingerprint density at radius 1 is 1.07 bits per heavy atom. The van der Waals surface area contributed by atoms with Gasteiger partial charge in [-0.1, -0.05) is 24.0 Å². The van der Waals surface area contributed by atoms with Crippen LogP contribution in [-0.2, 0) is 4.74 Å². The van der Waals surface area contributed by atoms with E-state index < -0.39 is 23.6 Å². The van der Waals surface area contributed by atoms with Crippen LogP contribution < -0.4 is 10.2 Å². The maximum Gasteiger partial charge on any atom is 0.413 e. The van der Waals surface area contributed by atoms with E-state index in [-0.39, 0.29) is 12.1 Å². The molecule has 7 nitrogen and oxygen atoms in total. The van der Waals surface area contributed by atoms with Crippen molar-refractivity contribution in [2.75, 3.05) is 71.0 Å². The van der Waals surface area contributed by atoms with Gasteiger partial charge in [-0.3, -0.25) is 9.78 Å². The third-order valence-electron chi connectivity index (χ3n) is 7.97. The smallest absolute Gasteiger partial charge is 0.378 e. The zero-order chi connectivity index (χ0) is 29.7. The van der Waals surface area contributed by atoms with E-state index in [4.69, 9.17) is 4.74 Å². The molecule has 2 saturated heterocycles. The van der Waals surface area contributed by atoms with Gasteiger partial charge >= 0.3 is 6.18 Å². The fraction of sp³-hybridized carbons (Fsp3) is 0.438. The molecule has 1 aromatic heterocycles. The molecule has 5 rings (SSSR count). The SMILES string of the molecule is Cc1ccc(C(=O)NC2=CCC(CN3CCN(C)CC3)C(C(F)(F)F)=C2)cc1C#Cc1cncc(N2CCOCC2)c1. The number of aryl methyl sites for hydroxylation is 1. The van der Waals surface area contributed by atoms with E-state index >= 15 is 0 Å². The lowest BCUT2D eigenvalue weighted by Gasteiger charge is -2.36. The Morgan fingerprint density at radius 3 is 2.57 bits per heavy atom. The molecule has 10 heteroatoms. The maximum absolute atomic E-state index is 14.0. The average molecular weight is 580 g/mol. The standard InChI is InChI=1S/C32H36F3N5O2/c1-23-3-5-26(18-25(23)6-4-24-17-29(21-36-20-24)40-13-15-42-16-14-40)31(41)37-28-8-7-27(30(19-28)32(33,34)35)22-39-11-9-38(2)10-12-39/h3,5,8,17-21,27H,7,9-16,22H2,1-2H3,(H,37,41). The van der Waals surface area contributed by atoms with Crippen LogP contribution in [-0.4, -0.2) is 92.9 Å². The summed E-state index contributed by atoms with van der Waals surface area (Å²) < 4.78 is 47.5. The minimum Gasteiger partial charge on any atom is -0.378 e. The number of anilines is 1. The Hall–Kier alpha value is -3.65. The number of rotatable bonds is 5. The van der Waals surface area contributed by atoms with Crippen molar-refractivity contribution >= 4 is 11.6 Å². The van der Waals surface area contributed by atoms with Crippen molar-refractivity contribution in [3.05, 3.63) is 82.3 Å². The van der Waals surface area contributed by atoms with Crippen LogP contribution in [0.5, 0.6) is 0 Å². The quantitative estimate of drug-likeness (QED) is 0.541. The van der Waals surface area contributed by atoms with Gasteiger partial charge < -0.3 is 24.8 Å². The number of ether oxygens (including phenoxy) is 1. The number of halogens is 3. The van der Waals surface area contributed by atoms with Crippen molar-refractivity contribution in [1.29, 1.82) is 0 Å². The molecule has 3 heterocycles. The summed E-state index contributed by atoms with van der Waals surface area (Å²) in [7, 11) is 2.02. The molecule has 1 N–H and O–H groups in total. The predicted molar refractivity (Wildman–Crippen MR) is 156 cm³/mol. The van der Waals surface area contributed by atoms with Gasteiger partial charge in [0.25, 0.3) is 5.91 Å². The largest absolute Gasteiger partial charge is 0.413 e. The second kappa shape index (κ2) is 13.1. The lowest BCUT2D eigenvalue weighted by atomic mass is 9.89. The van der Waals surface area contributed by atoms with Crippen molar-refractivity contribution in [1.82, 2.24) is 20.1 Å². The average Bonchev–Trinajstić information content (AvgIpc) is 2.98. The summed E-state index contributed by atoms with van der Waals surface area (Å²) in [5, 5.41) is 2.68. The summed E-state index contributed by atoms with van der Waals surface area (Å²) in [4.78, 5) is 23.9. The number of aromatic nitrogens is 1. The molecular formula is C32H36F3N5O2.